The maximum atomic E-state index is 5.48. The lowest BCUT2D eigenvalue weighted by molar-refractivity contribution is 0.789. The van der Waals surface area contributed by atoms with Crippen LogP contribution in [0.25, 0.3) is 0 Å². The minimum Gasteiger partial charge on any atom is -0.346 e. The van der Waals surface area contributed by atoms with Crippen molar-refractivity contribution >= 4 is 35.7 Å². The van der Waals surface area contributed by atoms with Crippen molar-refractivity contribution in [2.75, 3.05) is 5.75 Å². The number of hydrogen-bond acceptors (Lipinski definition) is 4. The van der Waals surface area contributed by atoms with E-state index in [0.717, 1.165) is 21.5 Å². The Morgan fingerprint density at radius 2 is 2.00 bits per heavy atom. The van der Waals surface area contributed by atoms with Crippen LogP contribution in [0.3, 0.4) is 0 Å². The highest BCUT2D eigenvalue weighted by Gasteiger charge is 2.28. The number of H-pyrrole nitrogens is 1. The van der Waals surface area contributed by atoms with Crippen molar-refractivity contribution in [3.8, 4) is 0 Å². The van der Waals surface area contributed by atoms with Crippen LogP contribution < -0.4 is 0 Å². The van der Waals surface area contributed by atoms with Crippen LogP contribution in [0.4, 0.5) is 0 Å². The minimum absolute atomic E-state index is 0.428. The minimum atomic E-state index is 0.428. The summed E-state index contributed by atoms with van der Waals surface area (Å²) < 4.78 is 0.776. The summed E-state index contributed by atoms with van der Waals surface area (Å²) >= 11 is 9.53. The summed E-state index contributed by atoms with van der Waals surface area (Å²) in [6.07, 6.45) is 0. The molecule has 2 heterocycles. The van der Waals surface area contributed by atoms with Crippen LogP contribution in [0, 0.1) is 11.6 Å². The second-order valence-electron chi connectivity index (χ2n) is 5.49. The van der Waals surface area contributed by atoms with E-state index >= 15 is 0 Å². The molecule has 0 bridgehead atoms. The summed E-state index contributed by atoms with van der Waals surface area (Å²) in [4.78, 5) is 8.15. The molecule has 0 spiro atoms. The fourth-order valence-corrected chi connectivity index (χ4v) is 5.73. The molecule has 3 unspecified atom stereocenters. The molecule has 1 aliphatic heterocycles. The zero-order chi connectivity index (χ0) is 14.2. The van der Waals surface area contributed by atoms with E-state index in [1.807, 2.05) is 23.5 Å². The van der Waals surface area contributed by atoms with Crippen molar-refractivity contribution in [3.63, 3.8) is 0 Å². The number of aromatic nitrogens is 2. The smallest absolute Gasteiger partial charge is 0.133 e. The van der Waals surface area contributed by atoms with Crippen LogP contribution in [0.2, 0.25) is 0 Å². The largest absolute Gasteiger partial charge is 0.346 e. The summed E-state index contributed by atoms with van der Waals surface area (Å²) in [6, 6.07) is 0. The molecule has 106 valence electrons. The van der Waals surface area contributed by atoms with Gasteiger partial charge in [0.25, 0.3) is 0 Å². The Morgan fingerprint density at radius 3 is 2.53 bits per heavy atom. The Morgan fingerprint density at radius 1 is 1.32 bits per heavy atom. The first-order chi connectivity index (χ1) is 8.90. The monoisotopic (exact) mass is 314 g/mol. The van der Waals surface area contributed by atoms with Crippen molar-refractivity contribution in [1.29, 1.82) is 0 Å². The number of hydrogen-bond donors (Lipinski definition) is 1. The van der Waals surface area contributed by atoms with Gasteiger partial charge in [-0.25, -0.2) is 4.98 Å². The fraction of sp³-hybridized carbons (Fsp3) is 0.714. The average molecular weight is 315 g/mol. The van der Waals surface area contributed by atoms with Gasteiger partial charge in [0.1, 0.15) is 10.5 Å². The van der Waals surface area contributed by atoms with Crippen LogP contribution in [-0.2, 0) is 0 Å². The fourth-order valence-electron chi connectivity index (χ4n) is 2.38. The van der Waals surface area contributed by atoms with E-state index in [2.05, 4.69) is 44.6 Å². The van der Waals surface area contributed by atoms with Gasteiger partial charge >= 0.3 is 0 Å². The number of aryl methyl sites for hydroxylation is 1. The number of thioether (sulfide) groups is 2. The zero-order valence-corrected chi connectivity index (χ0v) is 14.6. The van der Waals surface area contributed by atoms with Crippen LogP contribution >= 0.6 is 35.7 Å². The first-order valence-corrected chi connectivity index (χ1v) is 9.18. The molecule has 1 saturated heterocycles. The Hall–Kier alpha value is -0.0000000000000000833. The molecule has 3 atom stereocenters. The van der Waals surface area contributed by atoms with Crippen molar-refractivity contribution in [3.05, 3.63) is 21.7 Å². The van der Waals surface area contributed by atoms with Gasteiger partial charge in [-0.1, -0.05) is 39.9 Å². The van der Waals surface area contributed by atoms with Crippen LogP contribution in [0.1, 0.15) is 55.9 Å². The molecule has 2 rings (SSSR count). The van der Waals surface area contributed by atoms with E-state index in [1.54, 1.807) is 0 Å². The van der Waals surface area contributed by atoms with Crippen LogP contribution in [-0.4, -0.2) is 26.2 Å². The third kappa shape index (κ3) is 3.37. The molecule has 5 heteroatoms. The molecule has 0 radical (unpaired) electrons. The topological polar surface area (TPSA) is 28.7 Å². The van der Waals surface area contributed by atoms with E-state index < -0.39 is 0 Å². The molecule has 0 amide bonds. The Labute approximate surface area is 129 Å². The van der Waals surface area contributed by atoms with Crippen LogP contribution in [0.15, 0.2) is 0 Å². The van der Waals surface area contributed by atoms with E-state index in [9.17, 15) is 0 Å². The molecule has 19 heavy (non-hydrogen) atoms. The summed E-state index contributed by atoms with van der Waals surface area (Å²) in [7, 11) is 0. The van der Waals surface area contributed by atoms with Crippen molar-refractivity contribution < 1.29 is 0 Å². The number of rotatable bonds is 2. The van der Waals surface area contributed by atoms with Gasteiger partial charge in [0.15, 0.2) is 0 Å². The van der Waals surface area contributed by atoms with E-state index in [-0.39, 0.29) is 0 Å². The first kappa shape index (κ1) is 15.4. The molecule has 0 aliphatic carbocycles. The maximum Gasteiger partial charge on any atom is 0.133 e. The molecule has 1 fully saturated rings. The average Bonchev–Trinajstić information content (AvgIpc) is 2.31. The van der Waals surface area contributed by atoms with Crippen LogP contribution in [0.5, 0.6) is 0 Å². The summed E-state index contributed by atoms with van der Waals surface area (Å²) in [5, 5.41) is 1.83. The number of nitrogens with zero attached hydrogens (tertiary/aromatic N) is 1. The lowest BCUT2D eigenvalue weighted by atomic mass is 10.0. The predicted molar refractivity (Wildman–Crippen MR) is 90.0 cm³/mol. The van der Waals surface area contributed by atoms with Gasteiger partial charge in [0.05, 0.1) is 5.25 Å². The molecule has 0 aromatic carbocycles. The van der Waals surface area contributed by atoms with Gasteiger partial charge in [-0.2, -0.15) is 11.8 Å². The highest BCUT2D eigenvalue weighted by Crippen LogP contribution is 2.43. The third-order valence-corrected chi connectivity index (χ3v) is 7.32. The quantitative estimate of drug-likeness (QED) is 0.789. The third-order valence-electron chi connectivity index (χ3n) is 3.60. The second-order valence-corrected chi connectivity index (χ2v) is 8.87. The maximum absolute atomic E-state index is 5.48. The molecule has 1 aliphatic rings. The van der Waals surface area contributed by atoms with Crippen molar-refractivity contribution in [2.45, 2.75) is 56.3 Å². The molecular weight excluding hydrogens is 292 g/mol. The van der Waals surface area contributed by atoms with Gasteiger partial charge in [-0.15, -0.1) is 11.8 Å². The van der Waals surface area contributed by atoms with Gasteiger partial charge in [0.2, 0.25) is 0 Å². The van der Waals surface area contributed by atoms with Gasteiger partial charge in [0, 0.05) is 27.5 Å². The molecule has 1 aromatic heterocycles. The summed E-state index contributed by atoms with van der Waals surface area (Å²) in [5.41, 5.74) is 2.37. The zero-order valence-electron chi connectivity index (χ0n) is 12.2. The lowest BCUT2D eigenvalue weighted by Crippen LogP contribution is -2.23. The Bertz CT molecular complexity index is 510. The highest BCUT2D eigenvalue weighted by molar-refractivity contribution is 8.07. The Kier molecular flexibility index (Phi) is 5.01. The van der Waals surface area contributed by atoms with E-state index in [4.69, 9.17) is 12.2 Å². The number of aromatic amines is 1. The molecular formula is C14H22N2S3. The molecule has 1 N–H and O–H groups in total. The molecule has 0 saturated carbocycles. The normalized spacial score (nSPS) is 27.8. The van der Waals surface area contributed by atoms with Crippen molar-refractivity contribution in [1.82, 2.24) is 9.97 Å². The van der Waals surface area contributed by atoms with E-state index in [0.29, 0.717) is 16.4 Å². The summed E-state index contributed by atoms with van der Waals surface area (Å²) in [6.45, 7) is 11.1. The van der Waals surface area contributed by atoms with E-state index in [1.165, 1.54) is 11.3 Å². The predicted octanol–water partition coefficient (Wildman–Crippen LogP) is 4.87. The van der Waals surface area contributed by atoms with Gasteiger partial charge < -0.3 is 4.98 Å². The highest BCUT2D eigenvalue weighted by atomic mass is 32.2. The lowest BCUT2D eigenvalue weighted by Gasteiger charge is -2.31. The van der Waals surface area contributed by atoms with Crippen molar-refractivity contribution in [2.24, 2.45) is 0 Å². The second kappa shape index (κ2) is 6.19. The molecule has 2 nitrogen and oxygen atoms in total. The molecule has 1 aromatic rings. The number of nitrogens with one attached hydrogen (secondary N) is 1. The van der Waals surface area contributed by atoms with Gasteiger partial charge in [-0.3, -0.25) is 0 Å². The summed E-state index contributed by atoms with van der Waals surface area (Å²) in [5.74, 6) is 2.61. The SMILES string of the molecule is Cc1[nH]c(C2CSC(C)C(C)S2)nc(=S)c1C(C)C. The van der Waals surface area contributed by atoms with Gasteiger partial charge in [-0.05, 0) is 12.8 Å². The Balaban J connectivity index is 2.30. The standard InChI is InChI=1S/C14H22N2S3/c1-7(2)12-8(3)15-13(16-14(12)17)11-6-18-9(4)10(5)19-11/h7,9-11H,6H2,1-5H3,(H,15,16,17). The first-order valence-electron chi connectivity index (χ1n) is 6.78.